The third kappa shape index (κ3) is 5.69. The number of pyridine rings is 1. The summed E-state index contributed by atoms with van der Waals surface area (Å²) in [6.07, 6.45) is 5.46. The average Bonchev–Trinajstić information content (AvgIpc) is 3.35. The lowest BCUT2D eigenvalue weighted by Gasteiger charge is -2.11. The number of amides is 1. The predicted octanol–water partition coefficient (Wildman–Crippen LogP) is 4.58. The Bertz CT molecular complexity index is 598. The van der Waals surface area contributed by atoms with Gasteiger partial charge in [0.25, 0.3) is 0 Å². The Balaban J connectivity index is 1.28. The maximum atomic E-state index is 11.8. The highest BCUT2D eigenvalue weighted by Gasteiger charge is 2.35. The second-order valence-electron chi connectivity index (χ2n) is 6.65. The summed E-state index contributed by atoms with van der Waals surface area (Å²) in [5, 5.41) is 0. The fraction of sp³-hybridized carbons (Fsp3) is 0.667. The van der Waals surface area contributed by atoms with Crippen molar-refractivity contribution in [1.29, 1.82) is 0 Å². The highest BCUT2D eigenvalue weighted by atomic mass is 35.5. The van der Waals surface area contributed by atoms with Crippen molar-refractivity contribution in [2.75, 3.05) is 30.3 Å². The van der Waals surface area contributed by atoms with Gasteiger partial charge in [0.2, 0.25) is 0 Å². The average molecular weight is 401 g/mol. The van der Waals surface area contributed by atoms with Gasteiger partial charge in [0.1, 0.15) is 6.10 Å². The van der Waals surface area contributed by atoms with Gasteiger partial charge >= 0.3 is 6.09 Å². The summed E-state index contributed by atoms with van der Waals surface area (Å²) in [6, 6.07) is 2.07. The first kappa shape index (κ1) is 19.2. The molecule has 1 aromatic rings. The van der Waals surface area contributed by atoms with Crippen LogP contribution < -0.4 is 0 Å². The number of carbonyl (C=O) groups is 1. The maximum absolute atomic E-state index is 11.8. The minimum Gasteiger partial charge on any atom is -0.443 e. The van der Waals surface area contributed by atoms with E-state index in [0.717, 1.165) is 48.4 Å². The van der Waals surface area contributed by atoms with Crippen molar-refractivity contribution >= 4 is 41.2 Å². The lowest BCUT2D eigenvalue weighted by molar-refractivity contribution is 0.139. The molecule has 1 saturated heterocycles. The molecule has 138 valence electrons. The first-order chi connectivity index (χ1) is 12.2. The molecule has 1 aliphatic carbocycles. The zero-order chi connectivity index (χ0) is 17.6. The molecule has 3 rings (SSSR count). The molecule has 0 radical (unpaired) electrons. The largest absolute Gasteiger partial charge is 0.443 e. The number of carbonyl (C=O) groups excluding carboxylic acids is 1. The van der Waals surface area contributed by atoms with Crippen LogP contribution in [0.25, 0.3) is 0 Å². The number of cyclic esters (lactones) is 1. The molecule has 2 heterocycles. The van der Waals surface area contributed by atoms with E-state index in [1.165, 1.54) is 23.3 Å². The summed E-state index contributed by atoms with van der Waals surface area (Å²) < 4.78 is 5.46. The molecule has 1 atom stereocenters. The summed E-state index contributed by atoms with van der Waals surface area (Å²) in [7, 11) is 0. The molecule has 1 aromatic heterocycles. The van der Waals surface area contributed by atoms with Crippen LogP contribution >= 0.6 is 35.1 Å². The van der Waals surface area contributed by atoms with Crippen molar-refractivity contribution in [2.24, 2.45) is 5.92 Å². The quantitative estimate of drug-likeness (QED) is 0.327. The number of ether oxygens (including phenoxy) is 1. The van der Waals surface area contributed by atoms with Crippen molar-refractivity contribution in [1.82, 2.24) is 9.88 Å². The third-order valence-electron chi connectivity index (χ3n) is 4.50. The Morgan fingerprint density at radius 2 is 2.24 bits per heavy atom. The first-order valence-electron chi connectivity index (χ1n) is 8.84. The summed E-state index contributed by atoms with van der Waals surface area (Å²) in [5.74, 6) is 4.27. The van der Waals surface area contributed by atoms with Crippen LogP contribution in [0, 0.1) is 12.8 Å². The minimum atomic E-state index is -0.115. The molecule has 2 fully saturated rings. The van der Waals surface area contributed by atoms with Crippen LogP contribution in [-0.4, -0.2) is 52.4 Å². The Morgan fingerprint density at radius 1 is 1.40 bits per heavy atom. The molecule has 0 aromatic carbocycles. The highest BCUT2D eigenvalue weighted by molar-refractivity contribution is 8.00. The lowest BCUT2D eigenvalue weighted by atomic mass is 10.2. The van der Waals surface area contributed by atoms with E-state index >= 15 is 0 Å². The van der Waals surface area contributed by atoms with Gasteiger partial charge in [-0.25, -0.2) is 4.79 Å². The lowest BCUT2D eigenvalue weighted by Crippen LogP contribution is -2.27. The van der Waals surface area contributed by atoms with Crippen molar-refractivity contribution < 1.29 is 9.53 Å². The van der Waals surface area contributed by atoms with Crippen molar-refractivity contribution in [3.63, 3.8) is 0 Å². The van der Waals surface area contributed by atoms with Gasteiger partial charge in [0.05, 0.1) is 18.1 Å². The van der Waals surface area contributed by atoms with E-state index in [2.05, 4.69) is 18.0 Å². The molecule has 0 N–H and O–H groups in total. The SMILES string of the molecule is Cc1c(SCCCSCC2CN(CC3CC3)C(=O)O2)ccnc1CCl. The van der Waals surface area contributed by atoms with E-state index in [-0.39, 0.29) is 12.2 Å². The van der Waals surface area contributed by atoms with Gasteiger partial charge in [-0.3, -0.25) is 4.98 Å². The van der Waals surface area contributed by atoms with Crippen molar-refractivity contribution in [3.8, 4) is 0 Å². The van der Waals surface area contributed by atoms with Gasteiger partial charge in [-0.05, 0) is 55.2 Å². The molecule has 1 saturated carbocycles. The predicted molar refractivity (Wildman–Crippen MR) is 106 cm³/mol. The summed E-state index contributed by atoms with van der Waals surface area (Å²) >= 11 is 9.66. The van der Waals surface area contributed by atoms with Crippen LogP contribution in [0.5, 0.6) is 0 Å². The van der Waals surface area contributed by atoms with E-state index in [1.807, 2.05) is 34.6 Å². The van der Waals surface area contributed by atoms with Crippen molar-refractivity contribution in [3.05, 3.63) is 23.5 Å². The number of rotatable bonds is 10. The van der Waals surface area contributed by atoms with E-state index in [1.54, 1.807) is 0 Å². The van der Waals surface area contributed by atoms with Crippen LogP contribution in [0.1, 0.15) is 30.5 Å². The third-order valence-corrected chi connectivity index (χ3v) is 7.19. The van der Waals surface area contributed by atoms with Gasteiger partial charge in [-0.15, -0.1) is 23.4 Å². The van der Waals surface area contributed by atoms with E-state index in [4.69, 9.17) is 16.3 Å². The number of nitrogens with zero attached hydrogens (tertiary/aromatic N) is 2. The Kier molecular flexibility index (Phi) is 7.19. The molecular formula is C18H25ClN2O2S2. The van der Waals surface area contributed by atoms with Gasteiger partial charge < -0.3 is 9.64 Å². The molecule has 4 nitrogen and oxygen atoms in total. The topological polar surface area (TPSA) is 42.4 Å². The van der Waals surface area contributed by atoms with Gasteiger partial charge in [0.15, 0.2) is 0 Å². The summed E-state index contributed by atoms with van der Waals surface area (Å²) in [6.45, 7) is 3.75. The monoisotopic (exact) mass is 400 g/mol. The summed E-state index contributed by atoms with van der Waals surface area (Å²) in [4.78, 5) is 19.3. The van der Waals surface area contributed by atoms with Crippen LogP contribution in [0.4, 0.5) is 4.79 Å². The molecule has 1 amide bonds. The Morgan fingerprint density at radius 3 is 3.00 bits per heavy atom. The molecule has 0 spiro atoms. The van der Waals surface area contributed by atoms with Crippen LogP contribution in [0.3, 0.4) is 0 Å². The summed E-state index contributed by atoms with van der Waals surface area (Å²) in [5.41, 5.74) is 2.17. The number of alkyl halides is 1. The number of halogens is 1. The molecule has 0 bridgehead atoms. The Hall–Kier alpha value is -0.590. The number of hydrogen-bond donors (Lipinski definition) is 0. The molecule has 25 heavy (non-hydrogen) atoms. The molecule has 2 aliphatic rings. The fourth-order valence-corrected chi connectivity index (χ4v) is 5.23. The van der Waals surface area contributed by atoms with Gasteiger partial charge in [-0.2, -0.15) is 11.8 Å². The van der Waals surface area contributed by atoms with Crippen LogP contribution in [-0.2, 0) is 10.6 Å². The normalized spacial score (nSPS) is 20.2. The molecule has 1 aliphatic heterocycles. The van der Waals surface area contributed by atoms with Crippen LogP contribution in [0.2, 0.25) is 0 Å². The van der Waals surface area contributed by atoms with Gasteiger partial charge in [-0.1, -0.05) is 0 Å². The highest BCUT2D eigenvalue weighted by Crippen LogP contribution is 2.31. The maximum Gasteiger partial charge on any atom is 0.410 e. The van der Waals surface area contributed by atoms with E-state index in [9.17, 15) is 4.79 Å². The zero-order valence-corrected chi connectivity index (χ0v) is 17.0. The fourth-order valence-electron chi connectivity index (χ4n) is 2.83. The number of aromatic nitrogens is 1. The Labute approximate surface area is 163 Å². The molecule has 1 unspecified atom stereocenters. The molecule has 7 heteroatoms. The van der Waals surface area contributed by atoms with E-state index in [0.29, 0.717) is 5.88 Å². The van der Waals surface area contributed by atoms with E-state index < -0.39 is 0 Å². The number of hydrogen-bond acceptors (Lipinski definition) is 5. The second-order valence-corrected chi connectivity index (χ2v) is 9.20. The van der Waals surface area contributed by atoms with Crippen LogP contribution in [0.15, 0.2) is 17.2 Å². The minimum absolute atomic E-state index is 0.0672. The number of thioether (sulfide) groups is 2. The smallest absolute Gasteiger partial charge is 0.410 e. The zero-order valence-electron chi connectivity index (χ0n) is 14.6. The van der Waals surface area contributed by atoms with Crippen molar-refractivity contribution in [2.45, 2.75) is 43.1 Å². The molecular weight excluding hydrogens is 376 g/mol. The second kappa shape index (κ2) is 9.38. The van der Waals surface area contributed by atoms with Gasteiger partial charge in [0, 0.05) is 23.4 Å². The first-order valence-corrected chi connectivity index (χ1v) is 11.5. The standard InChI is InChI=1S/C18H25ClN2O2S2/c1-13-16(9-19)20-6-5-17(13)25-8-2-7-24-12-15-11-21(18(22)23-15)10-14-3-4-14/h5-6,14-15H,2-4,7-12H2,1H3.